The van der Waals surface area contributed by atoms with Gasteiger partial charge in [0.15, 0.2) is 0 Å². The standard InChI is InChI=1S/C26H27N3O2/c1-4-13-31-24-15-20(11-12-23(24)19-8-5-7-18(2)14-19)26(30)29(3)17-22-10-6-9-21-16-27-28-25(21)22/h5-12,14-16H,4,13,17H2,1-3H3,(H,27,28). The Bertz CT molecular complexity index is 1210. The van der Waals surface area contributed by atoms with Gasteiger partial charge in [0, 0.05) is 30.1 Å². The number of ether oxygens (including phenoxy) is 1. The number of fused-ring (bicyclic) bond motifs is 1. The minimum atomic E-state index is -0.0475. The zero-order valence-electron chi connectivity index (χ0n) is 18.2. The average molecular weight is 414 g/mol. The molecular weight excluding hydrogens is 386 g/mol. The summed E-state index contributed by atoms with van der Waals surface area (Å²) in [6, 6.07) is 20.0. The second kappa shape index (κ2) is 9.04. The van der Waals surface area contributed by atoms with Crippen LogP contribution in [0.5, 0.6) is 5.75 Å². The molecule has 1 aromatic heterocycles. The van der Waals surface area contributed by atoms with Gasteiger partial charge in [-0.25, -0.2) is 0 Å². The van der Waals surface area contributed by atoms with E-state index in [0.717, 1.165) is 39.8 Å². The predicted molar refractivity (Wildman–Crippen MR) is 124 cm³/mol. The van der Waals surface area contributed by atoms with Gasteiger partial charge < -0.3 is 9.64 Å². The first-order valence-corrected chi connectivity index (χ1v) is 10.6. The highest BCUT2D eigenvalue weighted by molar-refractivity contribution is 5.95. The minimum absolute atomic E-state index is 0.0475. The molecule has 0 radical (unpaired) electrons. The van der Waals surface area contributed by atoms with Crippen LogP contribution in [0.1, 0.15) is 34.8 Å². The molecule has 0 spiro atoms. The number of aromatic nitrogens is 2. The molecule has 1 amide bonds. The Morgan fingerprint density at radius 1 is 1.10 bits per heavy atom. The quantitative estimate of drug-likeness (QED) is 0.429. The van der Waals surface area contributed by atoms with Crippen LogP contribution in [0.15, 0.2) is 66.9 Å². The number of para-hydroxylation sites is 1. The molecule has 158 valence electrons. The fourth-order valence-corrected chi connectivity index (χ4v) is 3.75. The lowest BCUT2D eigenvalue weighted by atomic mass is 10.0. The van der Waals surface area contributed by atoms with Gasteiger partial charge in [-0.2, -0.15) is 5.10 Å². The van der Waals surface area contributed by atoms with Crippen LogP contribution >= 0.6 is 0 Å². The molecule has 0 aliphatic rings. The first kappa shape index (κ1) is 20.7. The van der Waals surface area contributed by atoms with Crippen LogP contribution in [-0.2, 0) is 6.54 Å². The molecule has 0 aliphatic heterocycles. The van der Waals surface area contributed by atoms with Crippen LogP contribution in [0.3, 0.4) is 0 Å². The van der Waals surface area contributed by atoms with Gasteiger partial charge >= 0.3 is 0 Å². The lowest BCUT2D eigenvalue weighted by molar-refractivity contribution is 0.0785. The Balaban J connectivity index is 1.62. The average Bonchev–Trinajstić information content (AvgIpc) is 3.27. The molecule has 5 nitrogen and oxygen atoms in total. The maximum absolute atomic E-state index is 13.2. The second-order valence-electron chi connectivity index (χ2n) is 7.84. The fourth-order valence-electron chi connectivity index (χ4n) is 3.75. The van der Waals surface area contributed by atoms with Crippen LogP contribution in [0.4, 0.5) is 0 Å². The van der Waals surface area contributed by atoms with Gasteiger partial charge in [0.2, 0.25) is 0 Å². The number of carbonyl (C=O) groups is 1. The zero-order chi connectivity index (χ0) is 21.8. The van der Waals surface area contributed by atoms with Crippen molar-refractivity contribution >= 4 is 16.8 Å². The van der Waals surface area contributed by atoms with Crippen molar-refractivity contribution in [3.63, 3.8) is 0 Å². The summed E-state index contributed by atoms with van der Waals surface area (Å²) in [5.74, 6) is 0.691. The number of hydrogen-bond donors (Lipinski definition) is 1. The summed E-state index contributed by atoms with van der Waals surface area (Å²) in [6.45, 7) is 5.24. The van der Waals surface area contributed by atoms with Crippen molar-refractivity contribution in [3.8, 4) is 16.9 Å². The molecule has 0 saturated heterocycles. The molecule has 1 heterocycles. The van der Waals surface area contributed by atoms with Gasteiger partial charge in [0.25, 0.3) is 5.91 Å². The second-order valence-corrected chi connectivity index (χ2v) is 7.84. The monoisotopic (exact) mass is 413 g/mol. The summed E-state index contributed by atoms with van der Waals surface area (Å²) in [4.78, 5) is 14.9. The normalized spacial score (nSPS) is 10.9. The predicted octanol–water partition coefficient (Wildman–Crippen LogP) is 5.60. The third kappa shape index (κ3) is 4.45. The van der Waals surface area contributed by atoms with Gasteiger partial charge in [-0.05, 0) is 42.7 Å². The molecular formula is C26H27N3O2. The summed E-state index contributed by atoms with van der Waals surface area (Å²) in [7, 11) is 1.82. The summed E-state index contributed by atoms with van der Waals surface area (Å²) in [5, 5.41) is 8.18. The highest BCUT2D eigenvalue weighted by Gasteiger charge is 2.17. The molecule has 3 aromatic carbocycles. The van der Waals surface area contributed by atoms with Gasteiger partial charge in [0.05, 0.1) is 18.3 Å². The largest absolute Gasteiger partial charge is 0.493 e. The third-order valence-electron chi connectivity index (χ3n) is 5.34. The zero-order valence-corrected chi connectivity index (χ0v) is 18.2. The van der Waals surface area contributed by atoms with E-state index in [9.17, 15) is 4.79 Å². The van der Waals surface area contributed by atoms with Gasteiger partial charge in [0.1, 0.15) is 5.75 Å². The lowest BCUT2D eigenvalue weighted by Crippen LogP contribution is -2.26. The molecule has 31 heavy (non-hydrogen) atoms. The van der Waals surface area contributed by atoms with E-state index in [4.69, 9.17) is 4.74 Å². The molecule has 0 fully saturated rings. The van der Waals surface area contributed by atoms with Crippen molar-refractivity contribution < 1.29 is 9.53 Å². The Morgan fingerprint density at radius 3 is 2.74 bits per heavy atom. The van der Waals surface area contributed by atoms with E-state index in [-0.39, 0.29) is 5.91 Å². The number of hydrogen-bond acceptors (Lipinski definition) is 3. The first-order chi connectivity index (χ1) is 15.1. The Labute approximate surface area is 182 Å². The smallest absolute Gasteiger partial charge is 0.254 e. The van der Waals surface area contributed by atoms with E-state index in [1.807, 2.05) is 49.5 Å². The highest BCUT2D eigenvalue weighted by Crippen LogP contribution is 2.32. The first-order valence-electron chi connectivity index (χ1n) is 10.6. The number of benzene rings is 3. The van der Waals surface area contributed by atoms with Crippen LogP contribution in [0.2, 0.25) is 0 Å². The number of H-pyrrole nitrogens is 1. The van der Waals surface area contributed by atoms with E-state index in [0.29, 0.717) is 18.7 Å². The highest BCUT2D eigenvalue weighted by atomic mass is 16.5. The Morgan fingerprint density at radius 2 is 1.94 bits per heavy atom. The van der Waals surface area contributed by atoms with Crippen LogP contribution < -0.4 is 4.74 Å². The number of rotatable bonds is 7. The Hall–Kier alpha value is -3.60. The third-order valence-corrected chi connectivity index (χ3v) is 5.34. The number of carbonyl (C=O) groups excluding carboxylic acids is 1. The molecule has 5 heteroatoms. The van der Waals surface area contributed by atoms with E-state index < -0.39 is 0 Å². The SMILES string of the molecule is CCCOc1cc(C(=O)N(C)Cc2cccc3cn[nH]c23)ccc1-c1cccc(C)c1. The molecule has 4 aromatic rings. The van der Waals surface area contributed by atoms with Gasteiger partial charge in [-0.3, -0.25) is 9.89 Å². The fraction of sp³-hybridized carbons (Fsp3) is 0.231. The van der Waals surface area contributed by atoms with Crippen molar-refractivity contribution in [1.82, 2.24) is 15.1 Å². The van der Waals surface area contributed by atoms with E-state index >= 15 is 0 Å². The number of nitrogens with zero attached hydrogens (tertiary/aromatic N) is 2. The van der Waals surface area contributed by atoms with Crippen LogP contribution in [0, 0.1) is 6.92 Å². The summed E-state index contributed by atoms with van der Waals surface area (Å²) >= 11 is 0. The summed E-state index contributed by atoms with van der Waals surface area (Å²) in [6.07, 6.45) is 2.70. The molecule has 0 bridgehead atoms. The molecule has 1 N–H and O–H groups in total. The molecule has 0 saturated carbocycles. The maximum atomic E-state index is 13.2. The van der Waals surface area contributed by atoms with Crippen molar-refractivity contribution in [3.05, 3.63) is 83.6 Å². The maximum Gasteiger partial charge on any atom is 0.254 e. The molecule has 0 atom stereocenters. The van der Waals surface area contributed by atoms with Crippen molar-refractivity contribution in [2.24, 2.45) is 0 Å². The van der Waals surface area contributed by atoms with Crippen LogP contribution in [0.25, 0.3) is 22.0 Å². The van der Waals surface area contributed by atoms with Crippen molar-refractivity contribution in [1.29, 1.82) is 0 Å². The molecule has 0 unspecified atom stereocenters. The number of aromatic amines is 1. The van der Waals surface area contributed by atoms with Gasteiger partial charge in [-0.1, -0.05) is 55.0 Å². The van der Waals surface area contributed by atoms with E-state index in [2.05, 4.69) is 42.2 Å². The van der Waals surface area contributed by atoms with Crippen LogP contribution in [-0.4, -0.2) is 34.7 Å². The number of nitrogens with one attached hydrogen (secondary N) is 1. The summed E-state index contributed by atoms with van der Waals surface area (Å²) in [5.41, 5.74) is 5.88. The number of amides is 1. The van der Waals surface area contributed by atoms with Crippen molar-refractivity contribution in [2.75, 3.05) is 13.7 Å². The Kier molecular flexibility index (Phi) is 6.03. The molecule has 0 aliphatic carbocycles. The topological polar surface area (TPSA) is 58.2 Å². The summed E-state index contributed by atoms with van der Waals surface area (Å²) < 4.78 is 6.03. The minimum Gasteiger partial charge on any atom is -0.493 e. The molecule has 4 rings (SSSR count). The van der Waals surface area contributed by atoms with E-state index in [1.165, 1.54) is 5.56 Å². The lowest BCUT2D eigenvalue weighted by Gasteiger charge is -2.19. The van der Waals surface area contributed by atoms with E-state index in [1.54, 1.807) is 11.1 Å². The van der Waals surface area contributed by atoms with Gasteiger partial charge in [-0.15, -0.1) is 0 Å². The van der Waals surface area contributed by atoms with Crippen molar-refractivity contribution in [2.45, 2.75) is 26.8 Å². The number of aryl methyl sites for hydroxylation is 1.